The quantitative estimate of drug-likeness (QED) is 0.786. The van der Waals surface area contributed by atoms with E-state index in [1.165, 1.54) is 0 Å². The molecule has 0 heterocycles. The largest absolute Gasteiger partial charge is 0.481 e. The SMILES string of the molecule is CC[C@H](C)NC(=O)COC(=O)COc1c(C)cc(C)cc1C. The number of nitrogens with one attached hydrogen (secondary N) is 1. The molecule has 0 bridgehead atoms. The van der Waals surface area contributed by atoms with Gasteiger partial charge in [0.25, 0.3) is 5.91 Å². The first kappa shape index (κ1) is 18.0. The van der Waals surface area contributed by atoms with Gasteiger partial charge in [-0.15, -0.1) is 0 Å². The molecule has 22 heavy (non-hydrogen) atoms. The van der Waals surface area contributed by atoms with E-state index in [1.807, 2.05) is 46.8 Å². The zero-order chi connectivity index (χ0) is 16.7. The number of carbonyl (C=O) groups excluding carboxylic acids is 2. The Morgan fingerprint density at radius 1 is 1.14 bits per heavy atom. The summed E-state index contributed by atoms with van der Waals surface area (Å²) in [7, 11) is 0. The molecular formula is C17H25NO4. The van der Waals surface area contributed by atoms with Gasteiger partial charge in [-0.25, -0.2) is 4.79 Å². The molecule has 122 valence electrons. The van der Waals surface area contributed by atoms with E-state index in [-0.39, 0.29) is 25.2 Å². The molecule has 1 N–H and O–H groups in total. The van der Waals surface area contributed by atoms with Gasteiger partial charge in [-0.3, -0.25) is 4.79 Å². The smallest absolute Gasteiger partial charge is 0.344 e. The Morgan fingerprint density at radius 2 is 1.73 bits per heavy atom. The maximum Gasteiger partial charge on any atom is 0.344 e. The fraction of sp³-hybridized carbons (Fsp3) is 0.529. The van der Waals surface area contributed by atoms with E-state index < -0.39 is 5.97 Å². The summed E-state index contributed by atoms with van der Waals surface area (Å²) in [6.45, 7) is 9.25. The molecule has 1 aromatic carbocycles. The summed E-state index contributed by atoms with van der Waals surface area (Å²) >= 11 is 0. The minimum Gasteiger partial charge on any atom is -0.481 e. The molecule has 0 aliphatic carbocycles. The predicted octanol–water partition coefficient (Wildman–Crippen LogP) is 2.45. The molecular weight excluding hydrogens is 282 g/mol. The van der Waals surface area contributed by atoms with E-state index in [2.05, 4.69) is 5.32 Å². The van der Waals surface area contributed by atoms with Gasteiger partial charge in [0.15, 0.2) is 13.2 Å². The molecule has 0 saturated heterocycles. The van der Waals surface area contributed by atoms with E-state index in [0.717, 1.165) is 23.1 Å². The monoisotopic (exact) mass is 307 g/mol. The number of benzene rings is 1. The zero-order valence-electron chi connectivity index (χ0n) is 14.0. The molecule has 0 saturated carbocycles. The Kier molecular flexibility index (Phi) is 6.89. The highest BCUT2D eigenvalue weighted by molar-refractivity contribution is 5.81. The normalized spacial score (nSPS) is 11.7. The van der Waals surface area contributed by atoms with Gasteiger partial charge in [0, 0.05) is 6.04 Å². The summed E-state index contributed by atoms with van der Waals surface area (Å²) in [4.78, 5) is 23.1. The Balaban J connectivity index is 2.42. The van der Waals surface area contributed by atoms with E-state index in [4.69, 9.17) is 9.47 Å². The molecule has 1 atom stereocenters. The zero-order valence-corrected chi connectivity index (χ0v) is 14.0. The van der Waals surface area contributed by atoms with Crippen molar-refractivity contribution in [1.29, 1.82) is 0 Å². The van der Waals surface area contributed by atoms with Crippen LogP contribution in [-0.2, 0) is 14.3 Å². The first-order chi connectivity index (χ1) is 10.3. The van der Waals surface area contributed by atoms with Gasteiger partial charge in [0.2, 0.25) is 0 Å². The maximum atomic E-state index is 11.6. The number of esters is 1. The summed E-state index contributed by atoms with van der Waals surface area (Å²) in [6.07, 6.45) is 0.828. The lowest BCUT2D eigenvalue weighted by atomic mass is 10.1. The minimum atomic E-state index is -0.557. The van der Waals surface area contributed by atoms with Crippen molar-refractivity contribution in [2.45, 2.75) is 47.1 Å². The highest BCUT2D eigenvalue weighted by Crippen LogP contribution is 2.24. The lowest BCUT2D eigenvalue weighted by molar-refractivity contribution is -0.150. The van der Waals surface area contributed by atoms with Crippen LogP contribution in [0.2, 0.25) is 0 Å². The number of hydrogen-bond donors (Lipinski definition) is 1. The van der Waals surface area contributed by atoms with Gasteiger partial charge in [0.05, 0.1) is 0 Å². The van der Waals surface area contributed by atoms with Crippen LogP contribution in [0.4, 0.5) is 0 Å². The Hall–Kier alpha value is -2.04. The molecule has 1 rings (SSSR count). The lowest BCUT2D eigenvalue weighted by Crippen LogP contribution is -2.35. The van der Waals surface area contributed by atoms with Gasteiger partial charge in [-0.1, -0.05) is 24.6 Å². The molecule has 5 nitrogen and oxygen atoms in total. The average Bonchev–Trinajstić information content (AvgIpc) is 2.43. The number of rotatable bonds is 7. The molecule has 0 spiro atoms. The van der Waals surface area contributed by atoms with E-state index >= 15 is 0 Å². The number of aryl methyl sites for hydroxylation is 3. The first-order valence-electron chi connectivity index (χ1n) is 7.49. The molecule has 0 aliphatic rings. The van der Waals surface area contributed by atoms with Gasteiger partial charge < -0.3 is 14.8 Å². The second-order valence-electron chi connectivity index (χ2n) is 5.55. The number of ether oxygens (including phenoxy) is 2. The maximum absolute atomic E-state index is 11.6. The van der Waals surface area contributed by atoms with Crippen LogP contribution in [0.25, 0.3) is 0 Å². The highest BCUT2D eigenvalue weighted by atomic mass is 16.6. The standard InChI is InChI=1S/C17H25NO4/c1-6-14(5)18-15(19)9-21-16(20)10-22-17-12(3)7-11(2)8-13(17)4/h7-8,14H,6,9-10H2,1-5H3,(H,18,19)/t14-/m0/s1. The third-order valence-electron chi connectivity index (χ3n) is 3.32. The van der Waals surface area contributed by atoms with E-state index in [1.54, 1.807) is 0 Å². The van der Waals surface area contributed by atoms with Crippen molar-refractivity contribution in [2.75, 3.05) is 13.2 Å². The van der Waals surface area contributed by atoms with Crippen molar-refractivity contribution in [2.24, 2.45) is 0 Å². The topological polar surface area (TPSA) is 64.6 Å². The molecule has 0 unspecified atom stereocenters. The summed E-state index contributed by atoms with van der Waals surface area (Å²) < 4.78 is 10.4. The van der Waals surface area contributed by atoms with Gasteiger partial charge in [-0.2, -0.15) is 0 Å². The second kappa shape index (κ2) is 8.41. The third kappa shape index (κ3) is 5.76. The minimum absolute atomic E-state index is 0.0697. The van der Waals surface area contributed by atoms with Crippen molar-refractivity contribution < 1.29 is 19.1 Å². The van der Waals surface area contributed by atoms with Gasteiger partial charge >= 0.3 is 5.97 Å². The van der Waals surface area contributed by atoms with Crippen LogP contribution in [0.15, 0.2) is 12.1 Å². The van der Waals surface area contributed by atoms with Crippen molar-refractivity contribution in [3.63, 3.8) is 0 Å². The van der Waals surface area contributed by atoms with Crippen LogP contribution < -0.4 is 10.1 Å². The fourth-order valence-electron chi connectivity index (χ4n) is 2.13. The van der Waals surface area contributed by atoms with E-state index in [0.29, 0.717) is 5.75 Å². The lowest BCUT2D eigenvalue weighted by Gasteiger charge is -2.13. The third-order valence-corrected chi connectivity index (χ3v) is 3.32. The van der Waals surface area contributed by atoms with Crippen LogP contribution in [0.5, 0.6) is 5.75 Å². The first-order valence-corrected chi connectivity index (χ1v) is 7.49. The summed E-state index contributed by atoms with van der Waals surface area (Å²) in [5.74, 6) is -0.171. The van der Waals surface area contributed by atoms with Crippen LogP contribution in [0, 0.1) is 20.8 Å². The van der Waals surface area contributed by atoms with Crippen LogP contribution >= 0.6 is 0 Å². The molecule has 0 radical (unpaired) electrons. The Morgan fingerprint density at radius 3 is 2.27 bits per heavy atom. The van der Waals surface area contributed by atoms with Crippen molar-refractivity contribution in [1.82, 2.24) is 5.32 Å². The van der Waals surface area contributed by atoms with Crippen LogP contribution in [-0.4, -0.2) is 31.1 Å². The molecule has 0 fully saturated rings. The Labute approximate surface area is 132 Å². The van der Waals surface area contributed by atoms with Gasteiger partial charge in [0.1, 0.15) is 5.75 Å². The molecule has 5 heteroatoms. The highest BCUT2D eigenvalue weighted by Gasteiger charge is 2.12. The van der Waals surface area contributed by atoms with Crippen LogP contribution in [0.1, 0.15) is 37.0 Å². The molecule has 0 aliphatic heterocycles. The molecule has 0 aromatic heterocycles. The van der Waals surface area contributed by atoms with Crippen molar-refractivity contribution in [3.8, 4) is 5.75 Å². The van der Waals surface area contributed by atoms with Gasteiger partial charge in [-0.05, 0) is 45.2 Å². The van der Waals surface area contributed by atoms with Crippen molar-refractivity contribution in [3.05, 3.63) is 28.8 Å². The second-order valence-corrected chi connectivity index (χ2v) is 5.55. The fourth-order valence-corrected chi connectivity index (χ4v) is 2.13. The number of amides is 1. The van der Waals surface area contributed by atoms with Crippen molar-refractivity contribution >= 4 is 11.9 Å². The summed E-state index contributed by atoms with van der Waals surface area (Å²) in [5, 5.41) is 2.73. The number of hydrogen-bond acceptors (Lipinski definition) is 4. The Bertz CT molecular complexity index is 516. The molecule has 1 amide bonds. The predicted molar refractivity (Wildman–Crippen MR) is 85.0 cm³/mol. The number of carbonyl (C=O) groups is 2. The molecule has 1 aromatic rings. The summed E-state index contributed by atoms with van der Waals surface area (Å²) in [5.41, 5.74) is 3.09. The van der Waals surface area contributed by atoms with Crippen LogP contribution in [0.3, 0.4) is 0 Å². The average molecular weight is 307 g/mol. The summed E-state index contributed by atoms with van der Waals surface area (Å²) in [6, 6.07) is 4.06. The van der Waals surface area contributed by atoms with E-state index in [9.17, 15) is 9.59 Å².